The van der Waals surface area contributed by atoms with Gasteiger partial charge in [-0.2, -0.15) is 13.2 Å². The first-order chi connectivity index (χ1) is 7.97. The fourth-order valence-corrected chi connectivity index (χ4v) is 1.13. The molecule has 1 aromatic heterocycles. The van der Waals surface area contributed by atoms with Crippen molar-refractivity contribution in [2.75, 3.05) is 13.1 Å². The second-order valence-corrected chi connectivity index (χ2v) is 3.38. The Kier molecular flexibility index (Phi) is 4.80. The number of alkyl halides is 3. The molecule has 0 fully saturated rings. The molecule has 0 aliphatic carbocycles. The number of carbonyl (C=O) groups is 1. The topological polar surface area (TPSA) is 59.0 Å². The molecule has 0 unspecified atom stereocenters. The minimum atomic E-state index is -4.38. The van der Waals surface area contributed by atoms with Crippen molar-refractivity contribution in [1.82, 2.24) is 20.2 Å². The van der Waals surface area contributed by atoms with Crippen LogP contribution < -0.4 is 10.6 Å². The largest absolute Gasteiger partial charge is 0.405 e. The second-order valence-electron chi connectivity index (χ2n) is 3.38. The monoisotopic (exact) mass is 250 g/mol. The van der Waals surface area contributed by atoms with Crippen molar-refractivity contribution in [1.29, 1.82) is 0 Å². The Morgan fingerprint density at radius 1 is 1.35 bits per heavy atom. The van der Waals surface area contributed by atoms with E-state index in [0.29, 0.717) is 19.5 Å². The number of nitrogens with zero attached hydrogens (tertiary/aromatic N) is 2. The van der Waals surface area contributed by atoms with Crippen LogP contribution in [0.4, 0.5) is 18.0 Å². The maximum atomic E-state index is 11.7. The molecule has 0 spiro atoms. The van der Waals surface area contributed by atoms with Gasteiger partial charge in [0.15, 0.2) is 0 Å². The molecule has 0 aromatic carbocycles. The molecule has 0 saturated heterocycles. The molecule has 0 radical (unpaired) electrons. The van der Waals surface area contributed by atoms with Gasteiger partial charge in [-0.3, -0.25) is 0 Å². The molecule has 1 heterocycles. The van der Waals surface area contributed by atoms with Crippen molar-refractivity contribution in [3.63, 3.8) is 0 Å². The van der Waals surface area contributed by atoms with Gasteiger partial charge in [-0.1, -0.05) is 0 Å². The second kappa shape index (κ2) is 6.12. The standard InChI is InChI=1S/C9H13F3N4O/c10-9(11,12)6-15-8(17)14-2-1-4-16-5-3-13-7-16/h3,5,7H,1-2,4,6H2,(H2,14,15,17). The lowest BCUT2D eigenvalue weighted by molar-refractivity contribution is -0.122. The highest BCUT2D eigenvalue weighted by molar-refractivity contribution is 5.73. The van der Waals surface area contributed by atoms with Gasteiger partial charge >= 0.3 is 12.2 Å². The van der Waals surface area contributed by atoms with E-state index in [9.17, 15) is 18.0 Å². The van der Waals surface area contributed by atoms with E-state index in [0.717, 1.165) is 0 Å². The number of hydrogen-bond acceptors (Lipinski definition) is 2. The summed E-state index contributed by atoms with van der Waals surface area (Å²) >= 11 is 0. The molecule has 0 bridgehead atoms. The third-order valence-corrected chi connectivity index (χ3v) is 1.89. The summed E-state index contributed by atoms with van der Waals surface area (Å²) < 4.78 is 37.0. The number of nitrogens with one attached hydrogen (secondary N) is 2. The maximum Gasteiger partial charge on any atom is 0.405 e. The van der Waals surface area contributed by atoms with Crippen LogP contribution in [-0.4, -0.2) is 34.8 Å². The Hall–Kier alpha value is -1.73. The van der Waals surface area contributed by atoms with Crippen LogP contribution in [-0.2, 0) is 6.54 Å². The highest BCUT2D eigenvalue weighted by Gasteiger charge is 2.27. The minimum Gasteiger partial charge on any atom is -0.338 e. The van der Waals surface area contributed by atoms with Gasteiger partial charge in [-0.15, -0.1) is 0 Å². The van der Waals surface area contributed by atoms with Crippen molar-refractivity contribution >= 4 is 6.03 Å². The SMILES string of the molecule is O=C(NCCCn1ccnc1)NCC(F)(F)F. The summed E-state index contributed by atoms with van der Waals surface area (Å²) in [5, 5.41) is 4.06. The number of aryl methyl sites for hydroxylation is 1. The third kappa shape index (κ3) is 6.44. The number of rotatable bonds is 5. The molecule has 0 atom stereocenters. The minimum absolute atomic E-state index is 0.307. The van der Waals surface area contributed by atoms with Gasteiger partial charge in [0.25, 0.3) is 0 Å². The van der Waals surface area contributed by atoms with Crippen LogP contribution in [0.2, 0.25) is 0 Å². The fourth-order valence-electron chi connectivity index (χ4n) is 1.13. The van der Waals surface area contributed by atoms with E-state index in [1.165, 1.54) is 0 Å². The first-order valence-electron chi connectivity index (χ1n) is 5.01. The lowest BCUT2D eigenvalue weighted by Crippen LogP contribution is -2.41. The van der Waals surface area contributed by atoms with Crippen molar-refractivity contribution < 1.29 is 18.0 Å². The van der Waals surface area contributed by atoms with Gasteiger partial charge in [0.1, 0.15) is 6.54 Å². The van der Waals surface area contributed by atoms with E-state index in [2.05, 4.69) is 10.3 Å². The van der Waals surface area contributed by atoms with E-state index in [4.69, 9.17) is 0 Å². The Morgan fingerprint density at radius 2 is 2.12 bits per heavy atom. The summed E-state index contributed by atoms with van der Waals surface area (Å²) in [4.78, 5) is 14.7. The molecular weight excluding hydrogens is 237 g/mol. The number of urea groups is 1. The van der Waals surface area contributed by atoms with Gasteiger partial charge < -0.3 is 15.2 Å². The Labute approximate surface area is 96.0 Å². The maximum absolute atomic E-state index is 11.7. The fraction of sp³-hybridized carbons (Fsp3) is 0.556. The normalized spacial score (nSPS) is 11.2. The van der Waals surface area contributed by atoms with E-state index in [1.807, 2.05) is 4.57 Å². The van der Waals surface area contributed by atoms with E-state index in [-0.39, 0.29) is 0 Å². The quantitative estimate of drug-likeness (QED) is 0.770. The van der Waals surface area contributed by atoms with Crippen LogP contribution in [0.15, 0.2) is 18.7 Å². The van der Waals surface area contributed by atoms with Crippen LogP contribution in [0.5, 0.6) is 0 Å². The van der Waals surface area contributed by atoms with E-state index in [1.54, 1.807) is 24.0 Å². The lowest BCUT2D eigenvalue weighted by Gasteiger charge is -2.09. The molecule has 8 heteroatoms. The molecule has 96 valence electrons. The predicted molar refractivity (Wildman–Crippen MR) is 54.3 cm³/mol. The number of carbonyl (C=O) groups excluding carboxylic acids is 1. The number of imidazole rings is 1. The Morgan fingerprint density at radius 3 is 2.71 bits per heavy atom. The summed E-state index contributed by atoms with van der Waals surface area (Å²) in [5.41, 5.74) is 0. The first kappa shape index (κ1) is 13.3. The molecule has 0 aliphatic rings. The number of halogens is 3. The highest BCUT2D eigenvalue weighted by Crippen LogP contribution is 2.11. The average molecular weight is 250 g/mol. The molecule has 5 nitrogen and oxygen atoms in total. The summed E-state index contributed by atoms with van der Waals surface area (Å²) in [5.74, 6) is 0. The summed E-state index contributed by atoms with van der Waals surface area (Å²) in [6, 6.07) is -0.812. The van der Waals surface area contributed by atoms with Gasteiger partial charge in [0, 0.05) is 25.5 Å². The molecular formula is C9H13F3N4O. The number of amides is 2. The van der Waals surface area contributed by atoms with Crippen LogP contribution in [0.1, 0.15) is 6.42 Å². The van der Waals surface area contributed by atoms with Crippen molar-refractivity contribution in [2.24, 2.45) is 0 Å². The highest BCUT2D eigenvalue weighted by atomic mass is 19.4. The molecule has 1 rings (SSSR count). The Bertz CT molecular complexity index is 337. The van der Waals surface area contributed by atoms with Crippen molar-refractivity contribution in [3.8, 4) is 0 Å². The lowest BCUT2D eigenvalue weighted by atomic mass is 10.4. The zero-order valence-electron chi connectivity index (χ0n) is 9.00. The van der Waals surface area contributed by atoms with Crippen LogP contribution in [0.25, 0.3) is 0 Å². The molecule has 2 N–H and O–H groups in total. The van der Waals surface area contributed by atoms with E-state index >= 15 is 0 Å². The van der Waals surface area contributed by atoms with Crippen LogP contribution in [0, 0.1) is 0 Å². The smallest absolute Gasteiger partial charge is 0.338 e. The van der Waals surface area contributed by atoms with Crippen LogP contribution >= 0.6 is 0 Å². The van der Waals surface area contributed by atoms with Gasteiger partial charge in [0.2, 0.25) is 0 Å². The third-order valence-electron chi connectivity index (χ3n) is 1.89. The van der Waals surface area contributed by atoms with Crippen LogP contribution in [0.3, 0.4) is 0 Å². The number of hydrogen-bond donors (Lipinski definition) is 2. The predicted octanol–water partition coefficient (Wildman–Crippen LogP) is 1.13. The zero-order valence-corrected chi connectivity index (χ0v) is 9.00. The van der Waals surface area contributed by atoms with Crippen molar-refractivity contribution in [3.05, 3.63) is 18.7 Å². The average Bonchev–Trinajstić information content (AvgIpc) is 2.73. The first-order valence-corrected chi connectivity index (χ1v) is 5.01. The zero-order chi connectivity index (χ0) is 12.7. The molecule has 17 heavy (non-hydrogen) atoms. The van der Waals surface area contributed by atoms with Crippen molar-refractivity contribution in [2.45, 2.75) is 19.1 Å². The Balaban J connectivity index is 2.04. The molecule has 2 amide bonds. The van der Waals surface area contributed by atoms with Gasteiger partial charge in [0.05, 0.1) is 6.33 Å². The van der Waals surface area contributed by atoms with Gasteiger partial charge in [-0.25, -0.2) is 9.78 Å². The summed E-state index contributed by atoms with van der Waals surface area (Å²) in [6.45, 7) is -0.359. The molecule has 1 aromatic rings. The molecule has 0 saturated carbocycles. The van der Waals surface area contributed by atoms with E-state index < -0.39 is 18.8 Å². The number of aromatic nitrogens is 2. The summed E-state index contributed by atoms with van der Waals surface area (Å²) in [6.07, 6.45) is 1.26. The summed E-state index contributed by atoms with van der Waals surface area (Å²) in [7, 11) is 0. The van der Waals surface area contributed by atoms with Gasteiger partial charge in [-0.05, 0) is 6.42 Å². The molecule has 0 aliphatic heterocycles.